The van der Waals surface area contributed by atoms with Crippen LogP contribution in [0.1, 0.15) is 5.69 Å². The SMILES string of the molecule is COc1cccc(-n2ccnc2SCc2csc(-c3cccc(OC)c3OC)n2)c1. The Labute approximate surface area is 183 Å². The summed E-state index contributed by atoms with van der Waals surface area (Å²) in [6, 6.07) is 13.7. The van der Waals surface area contributed by atoms with E-state index in [0.717, 1.165) is 32.9 Å². The number of nitrogens with zero attached hydrogens (tertiary/aromatic N) is 3. The molecule has 0 aliphatic rings. The highest BCUT2D eigenvalue weighted by atomic mass is 32.2. The molecule has 0 saturated heterocycles. The number of hydrogen-bond donors (Lipinski definition) is 0. The van der Waals surface area contributed by atoms with Crippen LogP contribution >= 0.6 is 23.1 Å². The number of thiazole rings is 1. The minimum absolute atomic E-state index is 0.696. The Hall–Kier alpha value is -2.97. The Morgan fingerprint density at radius 3 is 2.70 bits per heavy atom. The van der Waals surface area contributed by atoms with E-state index in [1.165, 1.54) is 0 Å². The highest BCUT2D eigenvalue weighted by molar-refractivity contribution is 7.98. The largest absolute Gasteiger partial charge is 0.497 e. The molecule has 0 atom stereocenters. The van der Waals surface area contributed by atoms with Gasteiger partial charge in [0, 0.05) is 29.6 Å². The fourth-order valence-electron chi connectivity index (χ4n) is 3.04. The molecule has 0 aliphatic carbocycles. The molecule has 0 radical (unpaired) electrons. The molecule has 30 heavy (non-hydrogen) atoms. The lowest BCUT2D eigenvalue weighted by atomic mass is 10.2. The number of para-hydroxylation sites is 1. The van der Waals surface area contributed by atoms with E-state index >= 15 is 0 Å². The third-order valence-corrected chi connectivity index (χ3v) is 6.40. The van der Waals surface area contributed by atoms with Crippen molar-refractivity contribution in [1.29, 1.82) is 0 Å². The summed E-state index contributed by atoms with van der Waals surface area (Å²) in [4.78, 5) is 9.30. The third kappa shape index (κ3) is 4.15. The van der Waals surface area contributed by atoms with Gasteiger partial charge >= 0.3 is 0 Å². The number of benzene rings is 2. The Bertz CT molecular complexity index is 1140. The normalized spacial score (nSPS) is 10.8. The van der Waals surface area contributed by atoms with E-state index in [1.54, 1.807) is 50.6 Å². The minimum atomic E-state index is 0.696. The number of aromatic nitrogens is 3. The topological polar surface area (TPSA) is 58.4 Å². The van der Waals surface area contributed by atoms with Crippen LogP contribution in [0, 0.1) is 0 Å². The molecule has 4 rings (SSSR count). The van der Waals surface area contributed by atoms with Gasteiger partial charge in [-0.2, -0.15) is 0 Å². The molecule has 2 heterocycles. The van der Waals surface area contributed by atoms with E-state index in [2.05, 4.69) is 10.4 Å². The van der Waals surface area contributed by atoms with Gasteiger partial charge in [-0.05, 0) is 24.3 Å². The van der Waals surface area contributed by atoms with E-state index in [-0.39, 0.29) is 0 Å². The predicted molar refractivity (Wildman–Crippen MR) is 120 cm³/mol. The third-order valence-electron chi connectivity index (χ3n) is 4.47. The molecule has 0 amide bonds. The van der Waals surface area contributed by atoms with Crippen LogP contribution in [0.5, 0.6) is 17.2 Å². The molecule has 2 aromatic heterocycles. The molecule has 6 nitrogen and oxygen atoms in total. The molecular formula is C22H21N3O3S2. The second-order valence-electron chi connectivity index (χ2n) is 6.26. The summed E-state index contributed by atoms with van der Waals surface area (Å²) in [6.45, 7) is 0. The maximum atomic E-state index is 5.55. The second-order valence-corrected chi connectivity index (χ2v) is 8.06. The van der Waals surface area contributed by atoms with Gasteiger partial charge in [0.15, 0.2) is 16.7 Å². The molecule has 2 aromatic carbocycles. The molecule has 0 saturated carbocycles. The lowest BCUT2D eigenvalue weighted by Gasteiger charge is -2.10. The first-order chi connectivity index (χ1) is 14.7. The predicted octanol–water partition coefficient (Wildman–Crippen LogP) is 5.31. The molecule has 0 N–H and O–H groups in total. The maximum Gasteiger partial charge on any atom is 0.172 e. The van der Waals surface area contributed by atoms with Gasteiger partial charge in [0.2, 0.25) is 0 Å². The van der Waals surface area contributed by atoms with E-state index in [9.17, 15) is 0 Å². The quantitative estimate of drug-likeness (QED) is 0.347. The van der Waals surface area contributed by atoms with Crippen molar-refractivity contribution in [2.75, 3.05) is 21.3 Å². The van der Waals surface area contributed by atoms with Gasteiger partial charge < -0.3 is 14.2 Å². The minimum Gasteiger partial charge on any atom is -0.497 e. The maximum absolute atomic E-state index is 5.55. The van der Waals surface area contributed by atoms with Crippen molar-refractivity contribution in [3.05, 3.63) is 65.9 Å². The highest BCUT2D eigenvalue weighted by Gasteiger charge is 2.15. The molecule has 154 valence electrons. The van der Waals surface area contributed by atoms with Crippen molar-refractivity contribution < 1.29 is 14.2 Å². The smallest absolute Gasteiger partial charge is 0.172 e. The Morgan fingerprint density at radius 1 is 1.03 bits per heavy atom. The monoisotopic (exact) mass is 439 g/mol. The first-order valence-corrected chi connectivity index (χ1v) is 11.1. The summed E-state index contributed by atoms with van der Waals surface area (Å²) >= 11 is 3.23. The van der Waals surface area contributed by atoms with Crippen LogP contribution < -0.4 is 14.2 Å². The van der Waals surface area contributed by atoms with Crippen LogP contribution in [0.25, 0.3) is 16.3 Å². The first-order valence-electron chi connectivity index (χ1n) is 9.20. The lowest BCUT2D eigenvalue weighted by Crippen LogP contribution is -1.96. The number of thioether (sulfide) groups is 1. The first kappa shape index (κ1) is 20.3. The molecule has 0 unspecified atom stereocenters. The molecule has 0 bridgehead atoms. The molecule has 0 fully saturated rings. The van der Waals surface area contributed by atoms with E-state index in [4.69, 9.17) is 19.2 Å². The Morgan fingerprint density at radius 2 is 1.90 bits per heavy atom. The van der Waals surface area contributed by atoms with Crippen LogP contribution in [0.3, 0.4) is 0 Å². The number of imidazole rings is 1. The molecule has 8 heteroatoms. The lowest BCUT2D eigenvalue weighted by molar-refractivity contribution is 0.356. The highest BCUT2D eigenvalue weighted by Crippen LogP contribution is 2.39. The molecule has 4 aromatic rings. The summed E-state index contributed by atoms with van der Waals surface area (Å²) in [5.41, 5.74) is 2.93. The zero-order valence-electron chi connectivity index (χ0n) is 16.9. The van der Waals surface area contributed by atoms with Crippen molar-refractivity contribution >= 4 is 23.1 Å². The fourth-order valence-corrected chi connectivity index (χ4v) is 4.86. The average Bonchev–Trinajstić information content (AvgIpc) is 3.46. The summed E-state index contributed by atoms with van der Waals surface area (Å²) < 4.78 is 18.3. The number of ether oxygens (including phenoxy) is 3. The number of methoxy groups -OCH3 is 3. The van der Waals surface area contributed by atoms with Gasteiger partial charge in [-0.1, -0.05) is 23.9 Å². The van der Waals surface area contributed by atoms with Gasteiger partial charge in [0.25, 0.3) is 0 Å². The summed E-state index contributed by atoms with van der Waals surface area (Å²) in [5.74, 6) is 2.92. The molecular weight excluding hydrogens is 418 g/mol. The fraction of sp³-hybridized carbons (Fsp3) is 0.182. The van der Waals surface area contributed by atoms with E-state index < -0.39 is 0 Å². The van der Waals surface area contributed by atoms with Gasteiger partial charge in [0.1, 0.15) is 10.8 Å². The summed E-state index contributed by atoms with van der Waals surface area (Å²) in [6.07, 6.45) is 3.75. The van der Waals surface area contributed by atoms with Gasteiger partial charge in [0.05, 0.1) is 38.3 Å². The zero-order valence-corrected chi connectivity index (χ0v) is 18.5. The Balaban J connectivity index is 1.52. The van der Waals surface area contributed by atoms with Gasteiger partial charge in [-0.15, -0.1) is 11.3 Å². The molecule has 0 spiro atoms. The van der Waals surface area contributed by atoms with Gasteiger partial charge in [-0.25, -0.2) is 9.97 Å². The van der Waals surface area contributed by atoms with Crippen molar-refractivity contribution in [3.63, 3.8) is 0 Å². The van der Waals surface area contributed by atoms with Crippen LogP contribution in [0.15, 0.2) is 65.4 Å². The average molecular weight is 440 g/mol. The van der Waals surface area contributed by atoms with E-state index in [0.29, 0.717) is 17.3 Å². The van der Waals surface area contributed by atoms with E-state index in [1.807, 2.05) is 53.2 Å². The Kier molecular flexibility index (Phi) is 6.25. The number of hydrogen-bond acceptors (Lipinski definition) is 7. The van der Waals surface area contributed by atoms with Crippen molar-refractivity contribution in [2.45, 2.75) is 10.9 Å². The standard InChI is InChI=1S/C22H21N3O3S2/c1-26-17-7-4-6-16(12-17)25-11-10-23-22(25)30-14-15-13-29-21(24-15)18-8-5-9-19(27-2)20(18)28-3/h4-13H,14H2,1-3H3. The second kappa shape index (κ2) is 9.23. The van der Waals surface area contributed by atoms with Crippen molar-refractivity contribution in [3.8, 4) is 33.5 Å². The molecule has 0 aliphatic heterocycles. The summed E-state index contributed by atoms with van der Waals surface area (Å²) in [5, 5.41) is 3.87. The number of rotatable bonds is 8. The van der Waals surface area contributed by atoms with Crippen LogP contribution in [-0.2, 0) is 5.75 Å². The van der Waals surface area contributed by atoms with Crippen LogP contribution in [-0.4, -0.2) is 35.9 Å². The van der Waals surface area contributed by atoms with Gasteiger partial charge in [-0.3, -0.25) is 4.57 Å². The summed E-state index contributed by atoms with van der Waals surface area (Å²) in [7, 11) is 4.94. The zero-order chi connectivity index (χ0) is 20.9. The van der Waals surface area contributed by atoms with Crippen LogP contribution in [0.4, 0.5) is 0 Å². The van der Waals surface area contributed by atoms with Crippen LogP contribution in [0.2, 0.25) is 0 Å². The van der Waals surface area contributed by atoms with Crippen molar-refractivity contribution in [2.24, 2.45) is 0 Å². The van der Waals surface area contributed by atoms with Crippen molar-refractivity contribution in [1.82, 2.24) is 14.5 Å².